The highest BCUT2D eigenvalue weighted by Gasteiger charge is 2.08. The number of nitrogens with one attached hydrogen (secondary N) is 1. The topological polar surface area (TPSA) is 32.3 Å². The predicted molar refractivity (Wildman–Crippen MR) is 71.7 cm³/mol. The lowest BCUT2D eigenvalue weighted by molar-refractivity contribution is -0.122. The van der Waals surface area contributed by atoms with Crippen LogP contribution in [0, 0.1) is 0 Å². The number of amides is 1. The summed E-state index contributed by atoms with van der Waals surface area (Å²) in [7, 11) is 1.96. The van der Waals surface area contributed by atoms with Crippen molar-refractivity contribution in [2.24, 2.45) is 0 Å². The molecule has 0 radical (unpaired) electrons. The van der Waals surface area contributed by atoms with Gasteiger partial charge in [0.05, 0.1) is 6.54 Å². The summed E-state index contributed by atoms with van der Waals surface area (Å²) in [5.74, 6) is 0.0945. The highest BCUT2D eigenvalue weighted by Crippen LogP contribution is 2.23. The van der Waals surface area contributed by atoms with Crippen LogP contribution >= 0.6 is 27.3 Å². The molecule has 0 unspecified atom stereocenters. The summed E-state index contributed by atoms with van der Waals surface area (Å²) in [5.41, 5.74) is 0. The second-order valence-electron chi connectivity index (χ2n) is 3.71. The van der Waals surface area contributed by atoms with Crippen molar-refractivity contribution in [3.8, 4) is 0 Å². The Morgan fingerprint density at radius 2 is 2.38 bits per heavy atom. The molecular formula is C11H17BrN2OS. The SMILES string of the molecule is CCCNC(=O)CN(C)Cc1sccc1Br. The normalized spacial score (nSPS) is 10.8. The van der Waals surface area contributed by atoms with Crippen LogP contribution in [0.3, 0.4) is 0 Å². The van der Waals surface area contributed by atoms with E-state index < -0.39 is 0 Å². The van der Waals surface area contributed by atoms with Gasteiger partial charge in [0.15, 0.2) is 0 Å². The van der Waals surface area contributed by atoms with Crippen LogP contribution in [0.5, 0.6) is 0 Å². The second kappa shape index (κ2) is 7.04. The van der Waals surface area contributed by atoms with E-state index in [0.717, 1.165) is 24.0 Å². The maximum atomic E-state index is 11.5. The Kier molecular flexibility index (Phi) is 6.01. The number of rotatable bonds is 6. The Hall–Kier alpha value is -0.390. The van der Waals surface area contributed by atoms with Gasteiger partial charge >= 0.3 is 0 Å². The molecule has 0 spiro atoms. The third-order valence-corrected chi connectivity index (χ3v) is 4.00. The summed E-state index contributed by atoms with van der Waals surface area (Å²) in [6.45, 7) is 4.06. The van der Waals surface area contributed by atoms with Crippen molar-refractivity contribution in [2.75, 3.05) is 20.1 Å². The molecule has 1 N–H and O–H groups in total. The van der Waals surface area contributed by atoms with E-state index in [2.05, 4.69) is 21.2 Å². The Balaban J connectivity index is 2.33. The van der Waals surface area contributed by atoms with Gasteiger partial charge in [-0.05, 0) is 40.8 Å². The molecule has 1 aromatic heterocycles. The Morgan fingerprint density at radius 3 is 2.94 bits per heavy atom. The van der Waals surface area contributed by atoms with E-state index in [-0.39, 0.29) is 5.91 Å². The molecule has 1 amide bonds. The van der Waals surface area contributed by atoms with E-state index in [4.69, 9.17) is 0 Å². The van der Waals surface area contributed by atoms with Crippen molar-refractivity contribution in [3.63, 3.8) is 0 Å². The largest absolute Gasteiger partial charge is 0.355 e. The van der Waals surface area contributed by atoms with Crippen molar-refractivity contribution in [2.45, 2.75) is 19.9 Å². The lowest BCUT2D eigenvalue weighted by atomic mass is 10.4. The Morgan fingerprint density at radius 1 is 1.62 bits per heavy atom. The first kappa shape index (κ1) is 13.7. The lowest BCUT2D eigenvalue weighted by Crippen LogP contribution is -2.35. The van der Waals surface area contributed by atoms with Crippen LogP contribution in [0.25, 0.3) is 0 Å². The van der Waals surface area contributed by atoms with Gasteiger partial charge in [-0.15, -0.1) is 11.3 Å². The molecule has 1 aromatic rings. The smallest absolute Gasteiger partial charge is 0.234 e. The van der Waals surface area contributed by atoms with Crippen LogP contribution in [0.15, 0.2) is 15.9 Å². The van der Waals surface area contributed by atoms with Gasteiger partial charge in [-0.25, -0.2) is 0 Å². The number of carbonyl (C=O) groups excluding carboxylic acids is 1. The van der Waals surface area contributed by atoms with Crippen LogP contribution < -0.4 is 5.32 Å². The molecular weight excluding hydrogens is 288 g/mol. The molecule has 0 aliphatic heterocycles. The third kappa shape index (κ3) is 4.63. The van der Waals surface area contributed by atoms with Gasteiger partial charge in [0.25, 0.3) is 0 Å². The first-order valence-corrected chi connectivity index (χ1v) is 6.98. The maximum absolute atomic E-state index is 11.5. The minimum Gasteiger partial charge on any atom is -0.355 e. The zero-order valence-electron chi connectivity index (χ0n) is 9.62. The summed E-state index contributed by atoms with van der Waals surface area (Å²) >= 11 is 5.19. The van der Waals surface area contributed by atoms with Crippen LogP contribution in [-0.4, -0.2) is 30.9 Å². The predicted octanol–water partition coefficient (Wildman–Crippen LogP) is 2.47. The van der Waals surface area contributed by atoms with Crippen LogP contribution in [0.2, 0.25) is 0 Å². The Bertz CT molecular complexity index is 340. The average Bonchev–Trinajstić information content (AvgIpc) is 2.61. The molecule has 0 saturated carbocycles. The van der Waals surface area contributed by atoms with Gasteiger partial charge in [-0.3, -0.25) is 9.69 Å². The lowest BCUT2D eigenvalue weighted by Gasteiger charge is -2.15. The van der Waals surface area contributed by atoms with Crippen molar-refractivity contribution >= 4 is 33.2 Å². The molecule has 0 aromatic carbocycles. The van der Waals surface area contributed by atoms with Crippen molar-refractivity contribution < 1.29 is 4.79 Å². The van der Waals surface area contributed by atoms with Gasteiger partial charge < -0.3 is 5.32 Å². The summed E-state index contributed by atoms with van der Waals surface area (Å²) in [6.07, 6.45) is 0.978. The van der Waals surface area contributed by atoms with E-state index >= 15 is 0 Å². The summed E-state index contributed by atoms with van der Waals surface area (Å²) in [4.78, 5) is 14.7. The summed E-state index contributed by atoms with van der Waals surface area (Å²) in [6, 6.07) is 2.03. The number of halogens is 1. The highest BCUT2D eigenvalue weighted by molar-refractivity contribution is 9.10. The molecule has 5 heteroatoms. The molecule has 16 heavy (non-hydrogen) atoms. The zero-order valence-corrected chi connectivity index (χ0v) is 12.0. The second-order valence-corrected chi connectivity index (χ2v) is 5.57. The molecule has 90 valence electrons. The number of likely N-dealkylation sites (N-methyl/N-ethyl adjacent to an activating group) is 1. The van der Waals surface area contributed by atoms with E-state index in [0.29, 0.717) is 6.54 Å². The zero-order chi connectivity index (χ0) is 12.0. The van der Waals surface area contributed by atoms with E-state index in [1.54, 1.807) is 11.3 Å². The van der Waals surface area contributed by atoms with Crippen molar-refractivity contribution in [3.05, 3.63) is 20.8 Å². The standard InChI is InChI=1S/C11H17BrN2OS/c1-3-5-13-11(15)8-14(2)7-10-9(12)4-6-16-10/h4,6H,3,5,7-8H2,1-2H3,(H,13,15). The van der Waals surface area contributed by atoms with Crippen LogP contribution in [-0.2, 0) is 11.3 Å². The molecule has 0 aliphatic rings. The van der Waals surface area contributed by atoms with Crippen molar-refractivity contribution in [1.82, 2.24) is 10.2 Å². The molecule has 0 bridgehead atoms. The monoisotopic (exact) mass is 304 g/mol. The summed E-state index contributed by atoms with van der Waals surface area (Å²) in [5, 5.41) is 4.91. The van der Waals surface area contributed by atoms with Crippen LogP contribution in [0.4, 0.5) is 0 Å². The molecule has 0 saturated heterocycles. The van der Waals surface area contributed by atoms with E-state index in [1.165, 1.54) is 4.88 Å². The fraction of sp³-hybridized carbons (Fsp3) is 0.545. The van der Waals surface area contributed by atoms with Gasteiger partial charge in [-0.2, -0.15) is 0 Å². The van der Waals surface area contributed by atoms with E-state index in [1.807, 2.05) is 30.3 Å². The fourth-order valence-corrected chi connectivity index (χ4v) is 2.86. The molecule has 3 nitrogen and oxygen atoms in total. The minimum absolute atomic E-state index is 0.0945. The van der Waals surface area contributed by atoms with Crippen molar-refractivity contribution in [1.29, 1.82) is 0 Å². The molecule has 1 rings (SSSR count). The summed E-state index contributed by atoms with van der Waals surface area (Å²) < 4.78 is 1.12. The molecule has 0 fully saturated rings. The number of carbonyl (C=O) groups is 1. The third-order valence-electron chi connectivity index (χ3n) is 2.09. The first-order valence-electron chi connectivity index (χ1n) is 5.30. The maximum Gasteiger partial charge on any atom is 0.234 e. The highest BCUT2D eigenvalue weighted by atomic mass is 79.9. The van der Waals surface area contributed by atoms with E-state index in [9.17, 15) is 4.79 Å². The van der Waals surface area contributed by atoms with Gasteiger partial charge in [-0.1, -0.05) is 6.92 Å². The van der Waals surface area contributed by atoms with Crippen LogP contribution in [0.1, 0.15) is 18.2 Å². The Labute approximate surface area is 109 Å². The quantitative estimate of drug-likeness (QED) is 0.875. The average molecular weight is 305 g/mol. The molecule has 0 aliphatic carbocycles. The van der Waals surface area contributed by atoms with Gasteiger partial charge in [0.1, 0.15) is 0 Å². The number of hydrogen-bond donors (Lipinski definition) is 1. The minimum atomic E-state index is 0.0945. The number of thiophene rings is 1. The molecule has 1 heterocycles. The molecule has 0 atom stereocenters. The van der Waals surface area contributed by atoms with Gasteiger partial charge in [0.2, 0.25) is 5.91 Å². The number of hydrogen-bond acceptors (Lipinski definition) is 3. The first-order chi connectivity index (χ1) is 7.63. The van der Waals surface area contributed by atoms with Gasteiger partial charge in [0, 0.05) is 22.4 Å². The fourth-order valence-electron chi connectivity index (χ4n) is 1.30. The number of nitrogens with zero attached hydrogens (tertiary/aromatic N) is 1.